The fourth-order valence-corrected chi connectivity index (χ4v) is 4.95. The lowest BCUT2D eigenvalue weighted by Gasteiger charge is -2.29. The molecule has 2 atom stereocenters. The summed E-state index contributed by atoms with van der Waals surface area (Å²) in [5, 5.41) is 0. The summed E-state index contributed by atoms with van der Waals surface area (Å²) in [7, 11) is 0. The molecule has 0 N–H and O–H groups in total. The lowest BCUT2D eigenvalue weighted by atomic mass is 9.80. The van der Waals surface area contributed by atoms with Crippen LogP contribution in [0.1, 0.15) is 91.9 Å². The quantitative estimate of drug-likeness (QED) is 0.373. The van der Waals surface area contributed by atoms with Crippen LogP contribution < -0.4 is 0 Å². The van der Waals surface area contributed by atoms with Crippen molar-refractivity contribution in [2.45, 2.75) is 91.9 Å². The molecule has 2 aliphatic heterocycles. The first-order chi connectivity index (χ1) is 16.0. The molecule has 0 spiro atoms. The van der Waals surface area contributed by atoms with Crippen molar-refractivity contribution in [1.29, 1.82) is 0 Å². The van der Waals surface area contributed by atoms with Gasteiger partial charge >= 0.3 is 0 Å². The van der Waals surface area contributed by atoms with Crippen LogP contribution in [0.25, 0.3) is 0 Å². The molecule has 2 unspecified atom stereocenters. The van der Waals surface area contributed by atoms with E-state index in [1.165, 1.54) is 9.80 Å². The molecule has 3 fully saturated rings. The number of likely N-dealkylation sites (tertiary alicyclic amines) is 2. The van der Waals surface area contributed by atoms with Gasteiger partial charge in [-0.2, -0.15) is 0 Å². The number of nitrogens with zero attached hydrogens (tertiary/aromatic N) is 2. The highest BCUT2D eigenvalue weighted by atomic mass is 16.2. The summed E-state index contributed by atoms with van der Waals surface area (Å²) in [5.74, 6) is 0.618. The van der Waals surface area contributed by atoms with E-state index in [1.807, 2.05) is 6.92 Å². The predicted molar refractivity (Wildman–Crippen MR) is 126 cm³/mol. The molecule has 0 aromatic rings. The van der Waals surface area contributed by atoms with Crippen LogP contribution in [0.3, 0.4) is 0 Å². The van der Waals surface area contributed by atoms with Crippen LogP contribution in [-0.2, 0) is 28.8 Å². The molecule has 0 aromatic heterocycles. The highest BCUT2D eigenvalue weighted by molar-refractivity contribution is 6.03. The van der Waals surface area contributed by atoms with E-state index in [0.29, 0.717) is 38.3 Å². The maximum atomic E-state index is 11.8. The van der Waals surface area contributed by atoms with Crippen molar-refractivity contribution in [3.8, 4) is 0 Å². The number of Topliss-reactive ketones (excluding diaryl/α,β-unsaturated/α-hetero) is 2. The zero-order valence-electron chi connectivity index (χ0n) is 21.1. The van der Waals surface area contributed by atoms with Crippen molar-refractivity contribution in [2.24, 2.45) is 23.7 Å². The predicted octanol–water partition coefficient (Wildman–Crippen LogP) is 3.31. The summed E-state index contributed by atoms with van der Waals surface area (Å²) in [4.78, 5) is 71.2. The molecule has 190 valence electrons. The third-order valence-electron chi connectivity index (χ3n) is 7.21. The molecule has 0 radical (unpaired) electrons. The van der Waals surface area contributed by atoms with Crippen LogP contribution in [0.5, 0.6) is 0 Å². The maximum Gasteiger partial charge on any atom is 0.232 e. The Hall–Kier alpha value is -2.38. The second kappa shape index (κ2) is 12.9. The minimum Gasteiger partial charge on any atom is -0.300 e. The SMILES string of the molecule is CC(=O)C1CCC(CN2C(=O)CC(C)C2=O)CC1.CC(=O)CCCCCN1C(=O)CC(C)C1=O. The molecule has 8 heteroatoms. The Morgan fingerprint density at radius 2 is 1.29 bits per heavy atom. The second-order valence-electron chi connectivity index (χ2n) is 10.3. The number of unbranched alkanes of at least 4 members (excludes halogenated alkanes) is 2. The van der Waals surface area contributed by atoms with E-state index in [1.54, 1.807) is 20.8 Å². The molecule has 3 aliphatic rings. The lowest BCUT2D eigenvalue weighted by molar-refractivity contribution is -0.141. The molecule has 2 heterocycles. The first-order valence-electron chi connectivity index (χ1n) is 12.7. The van der Waals surface area contributed by atoms with Gasteiger partial charge in [0.05, 0.1) is 0 Å². The van der Waals surface area contributed by atoms with Crippen LogP contribution in [0, 0.1) is 23.7 Å². The zero-order valence-corrected chi connectivity index (χ0v) is 21.1. The Labute approximate surface area is 202 Å². The zero-order chi connectivity index (χ0) is 25.4. The molecular formula is C26H40N2O6. The molecule has 1 saturated carbocycles. The van der Waals surface area contributed by atoms with Gasteiger partial charge in [-0.1, -0.05) is 20.3 Å². The molecule has 0 bridgehead atoms. The number of hydrogen-bond donors (Lipinski definition) is 0. The number of ketones is 2. The summed E-state index contributed by atoms with van der Waals surface area (Å²) in [6, 6.07) is 0. The van der Waals surface area contributed by atoms with Crippen molar-refractivity contribution in [3.63, 3.8) is 0 Å². The van der Waals surface area contributed by atoms with Crippen molar-refractivity contribution in [3.05, 3.63) is 0 Å². The van der Waals surface area contributed by atoms with Gasteiger partial charge in [0.1, 0.15) is 11.6 Å². The molecule has 4 amide bonds. The summed E-state index contributed by atoms with van der Waals surface area (Å²) in [6.45, 7) is 7.91. The van der Waals surface area contributed by atoms with Gasteiger partial charge in [-0.05, 0) is 58.3 Å². The van der Waals surface area contributed by atoms with Crippen LogP contribution >= 0.6 is 0 Å². The maximum absolute atomic E-state index is 11.8. The Bertz CT molecular complexity index is 799. The highest BCUT2D eigenvalue weighted by Gasteiger charge is 2.37. The van der Waals surface area contributed by atoms with Gasteiger partial charge in [-0.25, -0.2) is 0 Å². The summed E-state index contributed by atoms with van der Waals surface area (Å²) < 4.78 is 0. The van der Waals surface area contributed by atoms with Gasteiger partial charge in [0.15, 0.2) is 0 Å². The largest absolute Gasteiger partial charge is 0.300 e. The minimum absolute atomic E-state index is 0.0197. The van der Waals surface area contributed by atoms with Crippen LogP contribution in [0.2, 0.25) is 0 Å². The van der Waals surface area contributed by atoms with E-state index >= 15 is 0 Å². The summed E-state index contributed by atoms with van der Waals surface area (Å²) in [5.41, 5.74) is 0. The molecule has 0 aromatic carbocycles. The van der Waals surface area contributed by atoms with E-state index in [2.05, 4.69) is 0 Å². The van der Waals surface area contributed by atoms with Crippen molar-refractivity contribution in [1.82, 2.24) is 9.80 Å². The number of imide groups is 2. The standard InChI is InChI=1S/C14H21NO3.C12H19NO3/c1-9-7-13(17)15(14(9)18)8-11-3-5-12(6-4-11)10(2)16;1-9-8-11(15)13(12(9)16)7-5-3-4-6-10(2)14/h9,11-12H,3-8H2,1-2H3;9H,3-8H2,1-2H3. The minimum atomic E-state index is -0.148. The Morgan fingerprint density at radius 1 is 0.765 bits per heavy atom. The van der Waals surface area contributed by atoms with Crippen LogP contribution in [0.15, 0.2) is 0 Å². The first kappa shape index (κ1) is 27.9. The monoisotopic (exact) mass is 476 g/mol. The Kier molecular flexibility index (Phi) is 10.6. The Morgan fingerprint density at radius 3 is 1.74 bits per heavy atom. The Balaban J connectivity index is 0.000000242. The molecule has 1 aliphatic carbocycles. The van der Waals surface area contributed by atoms with Crippen molar-refractivity contribution < 1.29 is 28.8 Å². The van der Waals surface area contributed by atoms with E-state index in [4.69, 9.17) is 0 Å². The molecule has 8 nitrogen and oxygen atoms in total. The van der Waals surface area contributed by atoms with Gasteiger partial charge in [0.2, 0.25) is 23.6 Å². The van der Waals surface area contributed by atoms with Crippen molar-refractivity contribution in [2.75, 3.05) is 13.1 Å². The average Bonchev–Trinajstić information content (AvgIpc) is 3.16. The van der Waals surface area contributed by atoms with Gasteiger partial charge in [0, 0.05) is 50.1 Å². The third kappa shape index (κ3) is 7.84. The fourth-order valence-electron chi connectivity index (χ4n) is 4.95. The molecular weight excluding hydrogens is 436 g/mol. The number of hydrogen-bond acceptors (Lipinski definition) is 6. The summed E-state index contributed by atoms with van der Waals surface area (Å²) in [6.07, 6.45) is 7.58. The van der Waals surface area contributed by atoms with Crippen LogP contribution in [0.4, 0.5) is 0 Å². The number of amides is 4. The van der Waals surface area contributed by atoms with Gasteiger partial charge in [0.25, 0.3) is 0 Å². The lowest BCUT2D eigenvalue weighted by Crippen LogP contribution is -2.36. The molecule has 34 heavy (non-hydrogen) atoms. The van der Waals surface area contributed by atoms with E-state index in [-0.39, 0.29) is 52.9 Å². The van der Waals surface area contributed by atoms with Gasteiger partial charge < -0.3 is 4.79 Å². The van der Waals surface area contributed by atoms with Crippen molar-refractivity contribution >= 4 is 35.2 Å². The van der Waals surface area contributed by atoms with Crippen LogP contribution in [-0.4, -0.2) is 58.1 Å². The van der Waals surface area contributed by atoms with E-state index < -0.39 is 0 Å². The smallest absolute Gasteiger partial charge is 0.232 e. The fraction of sp³-hybridized carbons (Fsp3) is 0.769. The average molecular weight is 477 g/mol. The van der Waals surface area contributed by atoms with E-state index in [9.17, 15) is 28.8 Å². The second-order valence-corrected chi connectivity index (χ2v) is 10.3. The normalized spacial score (nSPS) is 27.2. The highest BCUT2D eigenvalue weighted by Crippen LogP contribution is 2.31. The number of carbonyl (C=O) groups is 6. The first-order valence-corrected chi connectivity index (χ1v) is 12.7. The number of rotatable bonds is 9. The van der Waals surface area contributed by atoms with Gasteiger partial charge in [-0.3, -0.25) is 33.8 Å². The summed E-state index contributed by atoms with van der Waals surface area (Å²) >= 11 is 0. The third-order valence-corrected chi connectivity index (χ3v) is 7.21. The van der Waals surface area contributed by atoms with E-state index in [0.717, 1.165) is 44.9 Å². The molecule has 2 saturated heterocycles. The number of carbonyl (C=O) groups excluding carboxylic acids is 6. The topological polar surface area (TPSA) is 109 Å². The van der Waals surface area contributed by atoms with Gasteiger partial charge in [-0.15, -0.1) is 0 Å². The molecule has 3 rings (SSSR count).